The second-order valence-corrected chi connectivity index (χ2v) is 4.73. The Hall–Kier alpha value is -1.81. The van der Waals surface area contributed by atoms with Gasteiger partial charge in [0.25, 0.3) is 0 Å². The fourth-order valence-electron chi connectivity index (χ4n) is 1.56. The molecular formula is C14H12BrNO2. The van der Waals surface area contributed by atoms with Crippen molar-refractivity contribution in [2.45, 2.75) is 6.42 Å². The molecule has 0 aliphatic rings. The van der Waals surface area contributed by atoms with Gasteiger partial charge in [-0.15, -0.1) is 0 Å². The zero-order valence-corrected chi connectivity index (χ0v) is 11.1. The fourth-order valence-corrected chi connectivity index (χ4v) is 1.94. The summed E-state index contributed by atoms with van der Waals surface area (Å²) in [5.41, 5.74) is 1.61. The Bertz CT molecular complexity index is 552. The van der Waals surface area contributed by atoms with E-state index in [9.17, 15) is 4.79 Å². The van der Waals surface area contributed by atoms with Gasteiger partial charge in [0.2, 0.25) is 5.91 Å². The molecule has 0 saturated heterocycles. The molecule has 0 aromatic heterocycles. The van der Waals surface area contributed by atoms with Gasteiger partial charge in [-0.3, -0.25) is 4.79 Å². The van der Waals surface area contributed by atoms with Crippen molar-refractivity contribution >= 4 is 27.5 Å². The quantitative estimate of drug-likeness (QED) is 0.914. The topological polar surface area (TPSA) is 49.3 Å². The normalized spacial score (nSPS) is 10.1. The van der Waals surface area contributed by atoms with E-state index in [1.54, 1.807) is 24.3 Å². The average molecular weight is 306 g/mol. The van der Waals surface area contributed by atoms with Crippen molar-refractivity contribution in [1.82, 2.24) is 0 Å². The number of benzene rings is 2. The zero-order chi connectivity index (χ0) is 13.0. The third-order valence-electron chi connectivity index (χ3n) is 2.45. The lowest BCUT2D eigenvalue weighted by Gasteiger charge is -2.07. The van der Waals surface area contributed by atoms with Crippen LogP contribution in [0.25, 0.3) is 0 Å². The molecule has 1 amide bonds. The zero-order valence-electron chi connectivity index (χ0n) is 9.56. The smallest absolute Gasteiger partial charge is 0.228 e. The van der Waals surface area contributed by atoms with Crippen LogP contribution in [-0.2, 0) is 11.2 Å². The average Bonchev–Trinajstić information content (AvgIpc) is 2.35. The van der Waals surface area contributed by atoms with Crippen LogP contribution in [0.2, 0.25) is 0 Å². The van der Waals surface area contributed by atoms with E-state index in [1.165, 1.54) is 0 Å². The summed E-state index contributed by atoms with van der Waals surface area (Å²) >= 11 is 3.37. The Labute approximate surface area is 114 Å². The summed E-state index contributed by atoms with van der Waals surface area (Å²) in [6, 6.07) is 14.1. The van der Waals surface area contributed by atoms with Gasteiger partial charge in [0.15, 0.2) is 0 Å². The molecule has 2 rings (SSSR count). The molecule has 0 radical (unpaired) electrons. The van der Waals surface area contributed by atoms with E-state index in [4.69, 9.17) is 5.11 Å². The number of halogens is 1. The summed E-state index contributed by atoms with van der Waals surface area (Å²) in [5, 5.41) is 12.0. The Kier molecular flexibility index (Phi) is 3.99. The van der Waals surface area contributed by atoms with Gasteiger partial charge in [-0.25, -0.2) is 0 Å². The predicted octanol–water partition coefficient (Wildman–Crippen LogP) is 3.34. The van der Waals surface area contributed by atoms with Crippen molar-refractivity contribution in [1.29, 1.82) is 0 Å². The monoisotopic (exact) mass is 305 g/mol. The first-order valence-electron chi connectivity index (χ1n) is 5.47. The first-order valence-corrected chi connectivity index (χ1v) is 6.27. The summed E-state index contributed by atoms with van der Waals surface area (Å²) in [5.74, 6) is 0.109. The summed E-state index contributed by atoms with van der Waals surface area (Å²) in [6.07, 6.45) is 0.279. The number of para-hydroxylation sites is 1. The van der Waals surface area contributed by atoms with E-state index in [1.807, 2.05) is 24.3 Å². The van der Waals surface area contributed by atoms with Crippen LogP contribution in [0.1, 0.15) is 5.56 Å². The molecule has 0 bridgehead atoms. The largest absolute Gasteiger partial charge is 0.508 e. The lowest BCUT2D eigenvalue weighted by molar-refractivity contribution is -0.115. The first kappa shape index (κ1) is 12.6. The maximum Gasteiger partial charge on any atom is 0.228 e. The highest BCUT2D eigenvalue weighted by molar-refractivity contribution is 9.10. The van der Waals surface area contributed by atoms with Crippen molar-refractivity contribution < 1.29 is 9.90 Å². The molecule has 0 spiro atoms. The van der Waals surface area contributed by atoms with E-state index < -0.39 is 0 Å². The van der Waals surface area contributed by atoms with Crippen LogP contribution >= 0.6 is 15.9 Å². The number of phenolic OH excluding ortho intramolecular Hbond substituents is 1. The Morgan fingerprint density at radius 3 is 2.44 bits per heavy atom. The predicted molar refractivity (Wildman–Crippen MR) is 74.6 cm³/mol. The molecule has 0 saturated carbocycles. The molecular weight excluding hydrogens is 294 g/mol. The molecule has 2 aromatic rings. The summed E-state index contributed by atoms with van der Waals surface area (Å²) in [6.45, 7) is 0. The van der Waals surface area contributed by atoms with Gasteiger partial charge in [0.1, 0.15) is 5.75 Å². The van der Waals surface area contributed by atoms with Gasteiger partial charge in [0.05, 0.1) is 12.1 Å². The number of amides is 1. The van der Waals surface area contributed by atoms with Crippen LogP contribution in [0.5, 0.6) is 5.75 Å². The minimum atomic E-state index is -0.0902. The van der Waals surface area contributed by atoms with Gasteiger partial charge >= 0.3 is 0 Å². The highest BCUT2D eigenvalue weighted by Gasteiger charge is 2.06. The molecule has 2 aromatic carbocycles. The van der Waals surface area contributed by atoms with Gasteiger partial charge < -0.3 is 10.4 Å². The second-order valence-electron chi connectivity index (χ2n) is 3.87. The van der Waals surface area contributed by atoms with Crippen LogP contribution in [0.3, 0.4) is 0 Å². The molecule has 3 nitrogen and oxygen atoms in total. The van der Waals surface area contributed by atoms with Crippen LogP contribution in [0.4, 0.5) is 5.69 Å². The Morgan fingerprint density at radius 2 is 1.78 bits per heavy atom. The van der Waals surface area contributed by atoms with Gasteiger partial charge in [-0.2, -0.15) is 0 Å². The number of hydrogen-bond acceptors (Lipinski definition) is 2. The molecule has 0 aliphatic heterocycles. The Balaban J connectivity index is 2.01. The van der Waals surface area contributed by atoms with E-state index in [0.29, 0.717) is 0 Å². The molecule has 0 atom stereocenters. The molecule has 92 valence electrons. The van der Waals surface area contributed by atoms with Crippen molar-refractivity contribution in [2.75, 3.05) is 5.32 Å². The van der Waals surface area contributed by atoms with Gasteiger partial charge in [0, 0.05) is 4.47 Å². The van der Waals surface area contributed by atoms with E-state index in [0.717, 1.165) is 15.7 Å². The number of hydrogen-bond donors (Lipinski definition) is 2. The lowest BCUT2D eigenvalue weighted by Crippen LogP contribution is -2.14. The SMILES string of the molecule is O=C(Cc1ccc(O)cc1)Nc1ccccc1Br. The summed E-state index contributed by atoms with van der Waals surface area (Å²) in [7, 11) is 0. The number of carbonyl (C=O) groups is 1. The third kappa shape index (κ3) is 3.34. The molecule has 4 heteroatoms. The van der Waals surface area contributed by atoms with Gasteiger partial charge in [-0.1, -0.05) is 24.3 Å². The van der Waals surface area contributed by atoms with Crippen LogP contribution in [-0.4, -0.2) is 11.0 Å². The molecule has 2 N–H and O–H groups in total. The molecule has 18 heavy (non-hydrogen) atoms. The Morgan fingerprint density at radius 1 is 1.11 bits per heavy atom. The molecule has 0 fully saturated rings. The van der Waals surface area contributed by atoms with Gasteiger partial charge in [-0.05, 0) is 45.8 Å². The number of anilines is 1. The van der Waals surface area contributed by atoms with Crippen LogP contribution < -0.4 is 5.32 Å². The number of nitrogens with one attached hydrogen (secondary N) is 1. The van der Waals surface area contributed by atoms with E-state index >= 15 is 0 Å². The minimum absolute atomic E-state index is 0.0902. The summed E-state index contributed by atoms with van der Waals surface area (Å²) in [4.78, 5) is 11.8. The standard InChI is InChI=1S/C14H12BrNO2/c15-12-3-1-2-4-13(12)16-14(18)9-10-5-7-11(17)8-6-10/h1-8,17H,9H2,(H,16,18). The van der Waals surface area contributed by atoms with Crippen LogP contribution in [0, 0.1) is 0 Å². The molecule has 0 aliphatic carbocycles. The van der Waals surface area contributed by atoms with Crippen LogP contribution in [0.15, 0.2) is 53.0 Å². The highest BCUT2D eigenvalue weighted by atomic mass is 79.9. The second kappa shape index (κ2) is 5.69. The van der Waals surface area contributed by atoms with Crippen molar-refractivity contribution in [2.24, 2.45) is 0 Å². The number of rotatable bonds is 3. The number of carbonyl (C=O) groups excluding carboxylic acids is 1. The fraction of sp³-hybridized carbons (Fsp3) is 0.0714. The molecule has 0 heterocycles. The maximum atomic E-state index is 11.8. The molecule has 0 unspecified atom stereocenters. The third-order valence-corrected chi connectivity index (χ3v) is 3.14. The highest BCUT2D eigenvalue weighted by Crippen LogP contribution is 2.21. The minimum Gasteiger partial charge on any atom is -0.508 e. The van der Waals surface area contributed by atoms with E-state index in [2.05, 4.69) is 21.2 Å². The lowest BCUT2D eigenvalue weighted by atomic mass is 10.1. The van der Waals surface area contributed by atoms with Crippen molar-refractivity contribution in [3.8, 4) is 5.75 Å². The number of aromatic hydroxyl groups is 1. The number of phenols is 1. The van der Waals surface area contributed by atoms with Crippen molar-refractivity contribution in [3.05, 3.63) is 58.6 Å². The summed E-state index contributed by atoms with van der Waals surface area (Å²) < 4.78 is 0.851. The van der Waals surface area contributed by atoms with Crippen molar-refractivity contribution in [3.63, 3.8) is 0 Å². The van der Waals surface area contributed by atoms with E-state index in [-0.39, 0.29) is 18.1 Å². The maximum absolute atomic E-state index is 11.8. The first-order chi connectivity index (χ1) is 8.65.